The Kier molecular flexibility index (Phi) is 4.94. The predicted octanol–water partition coefficient (Wildman–Crippen LogP) is 3.72. The summed E-state index contributed by atoms with van der Waals surface area (Å²) < 4.78 is 0. The van der Waals surface area contributed by atoms with Crippen molar-refractivity contribution < 1.29 is 15.0 Å². The zero-order valence-corrected chi connectivity index (χ0v) is 18.0. The number of rotatable bonds is 5. The number of imidazole rings is 1. The molecular formula is C24H25N5O3. The van der Waals surface area contributed by atoms with Crippen molar-refractivity contribution in [2.75, 3.05) is 6.54 Å². The van der Waals surface area contributed by atoms with Crippen LogP contribution in [0.5, 0.6) is 5.75 Å². The van der Waals surface area contributed by atoms with Gasteiger partial charge >= 0.3 is 5.97 Å². The molecule has 2 aromatic carbocycles. The number of hydrogen-bond donors (Lipinski definition) is 4. The van der Waals surface area contributed by atoms with Crippen molar-refractivity contribution >= 4 is 16.9 Å². The first-order valence-corrected chi connectivity index (χ1v) is 10.8. The highest BCUT2D eigenvalue weighted by Crippen LogP contribution is 2.33. The summed E-state index contributed by atoms with van der Waals surface area (Å²) in [5.41, 5.74) is 6.56. The highest BCUT2D eigenvalue weighted by atomic mass is 16.4. The minimum absolute atomic E-state index is 0.268. The second kappa shape index (κ2) is 7.80. The van der Waals surface area contributed by atoms with E-state index in [1.165, 1.54) is 0 Å². The van der Waals surface area contributed by atoms with Gasteiger partial charge in [0.25, 0.3) is 0 Å². The molecule has 8 heteroatoms. The van der Waals surface area contributed by atoms with Gasteiger partial charge in [-0.25, -0.2) is 4.98 Å². The highest BCUT2D eigenvalue weighted by molar-refractivity contribution is 5.94. The number of carboxylic acid groups (broad SMARTS) is 1. The van der Waals surface area contributed by atoms with Crippen LogP contribution in [0.4, 0.5) is 0 Å². The van der Waals surface area contributed by atoms with Gasteiger partial charge < -0.3 is 15.2 Å². The lowest BCUT2D eigenvalue weighted by Crippen LogP contribution is -2.45. The molecule has 3 heterocycles. The minimum atomic E-state index is -0.819. The number of benzene rings is 2. The zero-order valence-electron chi connectivity index (χ0n) is 18.0. The Bertz CT molecular complexity index is 1320. The van der Waals surface area contributed by atoms with Gasteiger partial charge in [-0.1, -0.05) is 26.0 Å². The normalized spacial score (nSPS) is 16.4. The molecule has 32 heavy (non-hydrogen) atoms. The van der Waals surface area contributed by atoms with Gasteiger partial charge in [0.1, 0.15) is 17.5 Å². The number of carbonyl (C=O) groups is 1. The summed E-state index contributed by atoms with van der Waals surface area (Å²) in [5, 5.41) is 27.9. The maximum Gasteiger partial charge on any atom is 0.321 e. The summed E-state index contributed by atoms with van der Waals surface area (Å²) in [6.45, 7) is 5.23. The lowest BCUT2D eigenvalue weighted by molar-refractivity contribution is -0.143. The molecule has 2 aromatic heterocycles. The van der Waals surface area contributed by atoms with Crippen LogP contribution in [0, 0.1) is 0 Å². The molecule has 0 amide bonds. The maximum atomic E-state index is 11.6. The van der Waals surface area contributed by atoms with E-state index in [9.17, 15) is 15.0 Å². The van der Waals surface area contributed by atoms with Crippen LogP contribution in [0.15, 0.2) is 36.4 Å². The van der Waals surface area contributed by atoms with E-state index in [-0.39, 0.29) is 5.75 Å². The van der Waals surface area contributed by atoms with E-state index < -0.39 is 12.0 Å². The number of hydrogen-bond acceptors (Lipinski definition) is 5. The fourth-order valence-electron chi connectivity index (χ4n) is 4.58. The molecule has 1 atom stereocenters. The van der Waals surface area contributed by atoms with E-state index in [1.807, 2.05) is 24.0 Å². The molecule has 8 nitrogen and oxygen atoms in total. The lowest BCUT2D eigenvalue weighted by Gasteiger charge is -2.30. The largest absolute Gasteiger partial charge is 0.508 e. The van der Waals surface area contributed by atoms with E-state index in [2.05, 4.69) is 34.2 Å². The number of H-pyrrole nitrogens is 2. The second-order valence-electron chi connectivity index (χ2n) is 8.16. The first kappa shape index (κ1) is 20.3. The van der Waals surface area contributed by atoms with E-state index >= 15 is 0 Å². The van der Waals surface area contributed by atoms with Crippen LogP contribution in [0.25, 0.3) is 33.5 Å². The van der Waals surface area contributed by atoms with Crippen molar-refractivity contribution in [2.45, 2.75) is 39.3 Å². The molecule has 0 fully saturated rings. The number of aromatic hydroxyl groups is 1. The summed E-state index contributed by atoms with van der Waals surface area (Å²) >= 11 is 0. The van der Waals surface area contributed by atoms with Gasteiger partial charge in [0, 0.05) is 18.4 Å². The van der Waals surface area contributed by atoms with Crippen molar-refractivity contribution in [3.8, 4) is 28.4 Å². The summed E-state index contributed by atoms with van der Waals surface area (Å²) in [6, 6.07) is 11.0. The van der Waals surface area contributed by atoms with E-state index in [0.717, 1.165) is 51.1 Å². The Morgan fingerprint density at radius 1 is 1.22 bits per heavy atom. The fraction of sp³-hybridized carbons (Fsp3) is 0.292. The molecule has 0 spiro atoms. The number of carboxylic acids is 1. The summed E-state index contributed by atoms with van der Waals surface area (Å²) in [4.78, 5) is 21.7. The number of aromatic nitrogens is 4. The van der Waals surface area contributed by atoms with Crippen LogP contribution in [0.1, 0.15) is 30.8 Å². The molecule has 1 unspecified atom stereocenters. The number of aryl methyl sites for hydroxylation is 1. The van der Waals surface area contributed by atoms with Crippen molar-refractivity contribution in [3.05, 3.63) is 53.3 Å². The second-order valence-corrected chi connectivity index (χ2v) is 8.16. The first-order valence-electron chi connectivity index (χ1n) is 10.8. The number of aliphatic carboxylic acids is 1. The Morgan fingerprint density at radius 3 is 2.81 bits per heavy atom. The van der Waals surface area contributed by atoms with Crippen LogP contribution in [-0.4, -0.2) is 53.8 Å². The van der Waals surface area contributed by atoms with Crippen molar-refractivity contribution in [3.63, 3.8) is 0 Å². The zero-order chi connectivity index (χ0) is 22.4. The third kappa shape index (κ3) is 3.33. The van der Waals surface area contributed by atoms with Gasteiger partial charge in [-0.05, 0) is 53.9 Å². The van der Waals surface area contributed by atoms with Crippen LogP contribution < -0.4 is 0 Å². The number of likely N-dealkylation sites (N-methyl/N-ethyl adjacent to an activating group) is 1. The number of aromatic amines is 2. The van der Waals surface area contributed by atoms with Crippen molar-refractivity contribution in [1.82, 2.24) is 25.1 Å². The van der Waals surface area contributed by atoms with E-state index in [4.69, 9.17) is 4.98 Å². The molecule has 0 bridgehead atoms. The number of nitrogens with zero attached hydrogens (tertiary/aromatic N) is 3. The summed E-state index contributed by atoms with van der Waals surface area (Å²) in [7, 11) is 0. The molecule has 5 rings (SSSR count). The molecular weight excluding hydrogens is 406 g/mol. The SMILES string of the molecule is CCc1cc(O)ccc1-c1ccc2c(-c3nc4c([nH]3)CN(CC)C(C(=O)O)C4)n[nH]c2c1. The van der Waals surface area contributed by atoms with Gasteiger partial charge in [-0.15, -0.1) is 0 Å². The van der Waals surface area contributed by atoms with Crippen LogP contribution in [0.3, 0.4) is 0 Å². The van der Waals surface area contributed by atoms with E-state index in [0.29, 0.717) is 25.3 Å². The summed E-state index contributed by atoms with van der Waals surface area (Å²) in [5.74, 6) is 0.0968. The van der Waals surface area contributed by atoms with Gasteiger partial charge in [0.05, 0.1) is 16.9 Å². The topological polar surface area (TPSA) is 118 Å². The van der Waals surface area contributed by atoms with Gasteiger partial charge in [-0.2, -0.15) is 5.10 Å². The Morgan fingerprint density at radius 2 is 2.06 bits per heavy atom. The van der Waals surface area contributed by atoms with Gasteiger partial charge in [-0.3, -0.25) is 14.8 Å². The standard InChI is InChI=1S/C24H25N5O3/c1-3-13-9-15(30)6-8-16(13)14-5-7-17-18(10-14)27-28-22(17)23-25-19-11-21(24(31)32)29(4-2)12-20(19)26-23/h5-10,21,30H,3-4,11-12H2,1-2H3,(H,25,26)(H,27,28)(H,31,32). The molecule has 0 radical (unpaired) electrons. The average molecular weight is 431 g/mol. The molecule has 1 aliphatic rings. The highest BCUT2D eigenvalue weighted by Gasteiger charge is 2.33. The molecule has 0 saturated heterocycles. The molecule has 4 N–H and O–H groups in total. The third-order valence-electron chi connectivity index (χ3n) is 6.31. The monoisotopic (exact) mass is 431 g/mol. The molecule has 164 valence electrons. The average Bonchev–Trinajstić information content (AvgIpc) is 3.40. The molecule has 1 aliphatic heterocycles. The van der Waals surface area contributed by atoms with Gasteiger partial charge in [0.15, 0.2) is 5.82 Å². The molecule has 4 aromatic rings. The molecule has 0 aliphatic carbocycles. The van der Waals surface area contributed by atoms with Crippen molar-refractivity contribution in [2.24, 2.45) is 0 Å². The Hall–Kier alpha value is -3.65. The molecule has 0 saturated carbocycles. The quantitative estimate of drug-likeness (QED) is 0.383. The third-order valence-corrected chi connectivity index (χ3v) is 6.31. The fourth-order valence-corrected chi connectivity index (χ4v) is 4.58. The smallest absolute Gasteiger partial charge is 0.321 e. The van der Waals surface area contributed by atoms with Crippen molar-refractivity contribution in [1.29, 1.82) is 0 Å². The van der Waals surface area contributed by atoms with E-state index in [1.54, 1.807) is 12.1 Å². The Labute approximate surface area is 184 Å². The lowest BCUT2D eigenvalue weighted by atomic mass is 9.97. The van der Waals surface area contributed by atoms with Crippen LogP contribution in [0.2, 0.25) is 0 Å². The minimum Gasteiger partial charge on any atom is -0.508 e. The maximum absolute atomic E-state index is 11.6. The predicted molar refractivity (Wildman–Crippen MR) is 121 cm³/mol. The number of phenols is 1. The number of fused-ring (bicyclic) bond motifs is 2. The summed E-state index contributed by atoms with van der Waals surface area (Å²) in [6.07, 6.45) is 1.20. The number of nitrogens with one attached hydrogen (secondary N) is 2. The Balaban J connectivity index is 1.52. The van der Waals surface area contributed by atoms with Crippen LogP contribution in [-0.2, 0) is 24.2 Å². The number of phenolic OH excluding ortho intramolecular Hbond substituents is 1. The van der Waals surface area contributed by atoms with Gasteiger partial charge in [0.2, 0.25) is 0 Å². The first-order chi connectivity index (χ1) is 15.5. The van der Waals surface area contributed by atoms with Crippen LogP contribution >= 0.6 is 0 Å².